The zero-order chi connectivity index (χ0) is 22.8. The Hall–Kier alpha value is -2.98. The molecule has 0 unspecified atom stereocenters. The van der Waals surface area contributed by atoms with Crippen molar-refractivity contribution in [2.24, 2.45) is 0 Å². The number of rotatable bonds is 12. The van der Waals surface area contributed by atoms with E-state index in [1.165, 1.54) is 11.1 Å². The highest BCUT2D eigenvalue weighted by atomic mass is 16.5. The predicted octanol–water partition coefficient (Wildman–Crippen LogP) is 4.82. The molecule has 2 N–H and O–H groups in total. The van der Waals surface area contributed by atoms with E-state index in [1.54, 1.807) is 21.3 Å². The first-order valence-electron chi connectivity index (χ1n) is 11.4. The molecule has 0 bridgehead atoms. The van der Waals surface area contributed by atoms with Crippen molar-refractivity contribution in [3.8, 4) is 17.2 Å². The van der Waals surface area contributed by atoms with E-state index < -0.39 is 0 Å². The Morgan fingerprint density at radius 3 is 1.75 bits per heavy atom. The topological polar surface area (TPSA) is 44.3 Å². The quantitative estimate of drug-likeness (QED) is 0.445. The first kappa shape index (κ1) is 23.7. The molecule has 0 saturated carbocycles. The number of methoxy groups -OCH3 is 3. The van der Waals surface area contributed by atoms with Gasteiger partial charge in [-0.05, 0) is 36.1 Å². The summed E-state index contributed by atoms with van der Waals surface area (Å²) in [5, 5.41) is 2.46. The molecule has 3 rings (SSSR count). The van der Waals surface area contributed by atoms with Crippen LogP contribution in [0.2, 0.25) is 0 Å². The molecule has 170 valence electrons. The van der Waals surface area contributed by atoms with Gasteiger partial charge in [0.15, 0.2) is 11.5 Å². The summed E-state index contributed by atoms with van der Waals surface area (Å²) < 4.78 is 16.5. The van der Waals surface area contributed by atoms with Gasteiger partial charge in [0.1, 0.15) is 5.75 Å². The summed E-state index contributed by atoms with van der Waals surface area (Å²) in [4.78, 5) is 0. The van der Waals surface area contributed by atoms with Crippen LogP contribution in [0.3, 0.4) is 0 Å². The molecule has 0 spiro atoms. The lowest BCUT2D eigenvalue weighted by molar-refractivity contribution is -0.687. The van der Waals surface area contributed by atoms with Crippen molar-refractivity contribution in [2.75, 3.05) is 27.9 Å². The van der Waals surface area contributed by atoms with Gasteiger partial charge in [-0.1, -0.05) is 60.7 Å². The largest absolute Gasteiger partial charge is 0.496 e. The molecule has 3 aromatic rings. The molecule has 0 heterocycles. The molecule has 0 aliphatic carbocycles. The third-order valence-electron chi connectivity index (χ3n) is 6.08. The third kappa shape index (κ3) is 6.27. The Balaban J connectivity index is 1.58. The lowest BCUT2D eigenvalue weighted by atomic mass is 9.88. The predicted molar refractivity (Wildman–Crippen MR) is 130 cm³/mol. The molecule has 0 aromatic heterocycles. The number of ether oxygens (including phenoxy) is 3. The van der Waals surface area contributed by atoms with E-state index >= 15 is 0 Å². The summed E-state index contributed by atoms with van der Waals surface area (Å²) in [5.41, 5.74) is 3.92. The molecular formula is C28H36NO3+. The number of quaternary nitrogens is 1. The highest BCUT2D eigenvalue weighted by Gasteiger charge is 2.17. The van der Waals surface area contributed by atoms with E-state index in [-0.39, 0.29) is 0 Å². The number of hydrogen-bond donors (Lipinski definition) is 1. The van der Waals surface area contributed by atoms with Gasteiger partial charge in [-0.25, -0.2) is 0 Å². The Labute approximate surface area is 192 Å². The van der Waals surface area contributed by atoms with Gasteiger partial charge in [-0.3, -0.25) is 0 Å². The Bertz CT molecular complexity index is 904. The first-order valence-corrected chi connectivity index (χ1v) is 11.4. The fourth-order valence-corrected chi connectivity index (χ4v) is 4.23. The van der Waals surface area contributed by atoms with Crippen LogP contribution < -0.4 is 19.5 Å². The van der Waals surface area contributed by atoms with Crippen LogP contribution >= 0.6 is 0 Å². The van der Waals surface area contributed by atoms with Crippen molar-refractivity contribution >= 4 is 0 Å². The fraction of sp³-hybridized carbons (Fsp3) is 0.357. The van der Waals surface area contributed by atoms with Crippen LogP contribution in [0.4, 0.5) is 0 Å². The minimum Gasteiger partial charge on any atom is -0.496 e. The van der Waals surface area contributed by atoms with Gasteiger partial charge < -0.3 is 19.5 Å². The average molecular weight is 435 g/mol. The molecule has 0 aliphatic rings. The van der Waals surface area contributed by atoms with Crippen LogP contribution in [0.5, 0.6) is 17.2 Å². The van der Waals surface area contributed by atoms with Crippen molar-refractivity contribution in [3.05, 3.63) is 89.5 Å². The zero-order valence-electron chi connectivity index (χ0n) is 19.7. The SMILES string of the molecule is COc1cc(OC)c(OC)cc1CC[C@H](C)[NH2+]CCC(c1ccccc1)c1ccccc1. The number of aryl methyl sites for hydroxylation is 1. The molecule has 32 heavy (non-hydrogen) atoms. The number of hydrogen-bond acceptors (Lipinski definition) is 3. The summed E-state index contributed by atoms with van der Waals surface area (Å²) in [6.45, 7) is 3.38. The monoisotopic (exact) mass is 434 g/mol. The maximum Gasteiger partial charge on any atom is 0.164 e. The average Bonchev–Trinajstić information content (AvgIpc) is 2.85. The number of benzene rings is 3. The van der Waals surface area contributed by atoms with Gasteiger partial charge in [-0.15, -0.1) is 0 Å². The van der Waals surface area contributed by atoms with Crippen LogP contribution in [-0.4, -0.2) is 33.9 Å². The van der Waals surface area contributed by atoms with E-state index in [9.17, 15) is 0 Å². The van der Waals surface area contributed by atoms with Gasteiger partial charge in [0.2, 0.25) is 0 Å². The Kier molecular flexibility index (Phi) is 9.00. The zero-order valence-corrected chi connectivity index (χ0v) is 19.7. The van der Waals surface area contributed by atoms with Crippen LogP contribution in [0.15, 0.2) is 72.8 Å². The second kappa shape index (κ2) is 12.2. The van der Waals surface area contributed by atoms with Gasteiger partial charge in [0.25, 0.3) is 0 Å². The normalized spacial score (nSPS) is 11.9. The molecule has 0 aliphatic heterocycles. The van der Waals surface area contributed by atoms with Gasteiger partial charge >= 0.3 is 0 Å². The second-order valence-electron chi connectivity index (χ2n) is 8.22. The summed E-state index contributed by atoms with van der Waals surface area (Å²) >= 11 is 0. The summed E-state index contributed by atoms with van der Waals surface area (Å²) in [6.07, 6.45) is 3.10. The molecule has 0 saturated heterocycles. The molecule has 3 aromatic carbocycles. The van der Waals surface area contributed by atoms with Crippen LogP contribution in [0.25, 0.3) is 0 Å². The first-order chi connectivity index (χ1) is 15.7. The van der Waals surface area contributed by atoms with Crippen molar-refractivity contribution in [1.29, 1.82) is 0 Å². The van der Waals surface area contributed by atoms with E-state index in [0.717, 1.165) is 42.9 Å². The minimum absolute atomic E-state index is 0.423. The highest BCUT2D eigenvalue weighted by molar-refractivity contribution is 5.50. The molecule has 0 fully saturated rings. The van der Waals surface area contributed by atoms with E-state index in [0.29, 0.717) is 17.7 Å². The molecule has 4 heteroatoms. The smallest absolute Gasteiger partial charge is 0.164 e. The Morgan fingerprint density at radius 1 is 0.688 bits per heavy atom. The highest BCUT2D eigenvalue weighted by Crippen LogP contribution is 2.35. The third-order valence-corrected chi connectivity index (χ3v) is 6.08. The molecule has 0 amide bonds. The fourth-order valence-electron chi connectivity index (χ4n) is 4.23. The summed E-state index contributed by atoms with van der Waals surface area (Å²) in [6, 6.07) is 26.1. The molecule has 1 atom stereocenters. The molecular weight excluding hydrogens is 398 g/mol. The van der Waals surface area contributed by atoms with E-state index in [2.05, 4.69) is 72.9 Å². The maximum absolute atomic E-state index is 5.58. The van der Waals surface area contributed by atoms with Crippen LogP contribution in [0, 0.1) is 0 Å². The van der Waals surface area contributed by atoms with E-state index in [1.807, 2.05) is 12.1 Å². The summed E-state index contributed by atoms with van der Waals surface area (Å²) in [5.74, 6) is 2.71. The molecule has 4 nitrogen and oxygen atoms in total. The van der Waals surface area contributed by atoms with E-state index in [4.69, 9.17) is 14.2 Å². The second-order valence-corrected chi connectivity index (χ2v) is 8.22. The van der Waals surface area contributed by atoms with Crippen molar-refractivity contribution in [1.82, 2.24) is 0 Å². The van der Waals surface area contributed by atoms with Gasteiger partial charge in [0, 0.05) is 24.8 Å². The van der Waals surface area contributed by atoms with Crippen molar-refractivity contribution in [2.45, 2.75) is 38.1 Å². The van der Waals surface area contributed by atoms with Crippen molar-refractivity contribution < 1.29 is 19.5 Å². The van der Waals surface area contributed by atoms with Gasteiger partial charge in [0.05, 0.1) is 33.9 Å². The van der Waals surface area contributed by atoms with Gasteiger partial charge in [-0.2, -0.15) is 0 Å². The Morgan fingerprint density at radius 2 is 1.22 bits per heavy atom. The lowest BCUT2D eigenvalue weighted by Crippen LogP contribution is -2.89. The minimum atomic E-state index is 0.423. The standard InChI is InChI=1S/C28H35NO3/c1-21(15-16-24-19-27(31-3)28(32-4)20-26(24)30-2)29-18-17-25(22-11-7-5-8-12-22)23-13-9-6-10-14-23/h5-14,19-21,25,29H,15-18H2,1-4H3/p+1/t21-/m0/s1. The van der Waals surface area contributed by atoms with Crippen molar-refractivity contribution in [3.63, 3.8) is 0 Å². The van der Waals surface area contributed by atoms with Crippen LogP contribution in [0.1, 0.15) is 42.4 Å². The van der Waals surface area contributed by atoms with Crippen LogP contribution in [-0.2, 0) is 6.42 Å². The number of nitrogens with two attached hydrogens (primary N) is 1. The molecule has 0 radical (unpaired) electrons. The maximum atomic E-state index is 5.58. The lowest BCUT2D eigenvalue weighted by Gasteiger charge is -2.19. The summed E-state index contributed by atoms with van der Waals surface area (Å²) in [7, 11) is 5.01.